The van der Waals surface area contributed by atoms with Crippen LogP contribution in [0.15, 0.2) is 48.9 Å². The maximum atomic E-state index is 12.7. The SMILES string of the molecule is CN1C(=O)[C@@H](NC(=O)c2cnn(Cc3ccccc3)n2)CCc2nccnc21. The predicted molar refractivity (Wildman–Crippen MR) is 101 cm³/mol. The van der Waals surface area contributed by atoms with Gasteiger partial charge in [-0.05, 0) is 18.4 Å². The molecule has 0 fully saturated rings. The van der Waals surface area contributed by atoms with Crippen LogP contribution in [0, 0.1) is 0 Å². The van der Waals surface area contributed by atoms with Gasteiger partial charge in [0.2, 0.25) is 0 Å². The lowest BCUT2D eigenvalue weighted by atomic mass is 10.1. The van der Waals surface area contributed by atoms with Crippen molar-refractivity contribution in [1.29, 1.82) is 0 Å². The zero-order valence-corrected chi connectivity index (χ0v) is 15.3. The first-order chi connectivity index (χ1) is 13.6. The van der Waals surface area contributed by atoms with Gasteiger partial charge in [-0.15, -0.1) is 5.10 Å². The van der Waals surface area contributed by atoms with Crippen molar-refractivity contribution >= 4 is 17.6 Å². The first-order valence-electron chi connectivity index (χ1n) is 8.94. The van der Waals surface area contributed by atoms with Crippen molar-refractivity contribution < 1.29 is 9.59 Å². The van der Waals surface area contributed by atoms with Gasteiger partial charge < -0.3 is 5.32 Å². The summed E-state index contributed by atoms with van der Waals surface area (Å²) in [6.45, 7) is 0.464. The fourth-order valence-electron chi connectivity index (χ4n) is 3.15. The van der Waals surface area contributed by atoms with Crippen molar-refractivity contribution in [3.8, 4) is 0 Å². The molecule has 9 nitrogen and oxygen atoms in total. The van der Waals surface area contributed by atoms with Crippen molar-refractivity contribution in [3.05, 3.63) is 65.9 Å². The lowest BCUT2D eigenvalue weighted by molar-refractivity contribution is -0.120. The second kappa shape index (κ2) is 7.55. The molecule has 3 aromatic rings. The zero-order chi connectivity index (χ0) is 19.5. The summed E-state index contributed by atoms with van der Waals surface area (Å²) in [5.41, 5.74) is 1.94. The minimum atomic E-state index is -0.673. The number of nitrogens with one attached hydrogen (secondary N) is 1. The summed E-state index contributed by atoms with van der Waals surface area (Å²) in [6.07, 6.45) is 5.54. The van der Waals surface area contributed by atoms with Gasteiger partial charge in [0.15, 0.2) is 11.5 Å². The summed E-state index contributed by atoms with van der Waals surface area (Å²) in [6, 6.07) is 9.05. The number of amides is 2. The summed E-state index contributed by atoms with van der Waals surface area (Å²) >= 11 is 0. The van der Waals surface area contributed by atoms with E-state index < -0.39 is 11.9 Å². The Balaban J connectivity index is 1.45. The van der Waals surface area contributed by atoms with E-state index in [1.807, 2.05) is 30.3 Å². The molecule has 1 N–H and O–H groups in total. The molecule has 0 spiro atoms. The van der Waals surface area contributed by atoms with Gasteiger partial charge in [-0.1, -0.05) is 30.3 Å². The minimum Gasteiger partial charge on any atom is -0.339 e. The molecular formula is C19H19N7O2. The Bertz CT molecular complexity index is 1000. The number of fused-ring (bicyclic) bond motifs is 1. The second-order valence-corrected chi connectivity index (χ2v) is 6.53. The number of anilines is 1. The van der Waals surface area contributed by atoms with Gasteiger partial charge >= 0.3 is 0 Å². The fourth-order valence-corrected chi connectivity index (χ4v) is 3.15. The number of hydrogen-bond acceptors (Lipinski definition) is 6. The Morgan fingerprint density at radius 1 is 1.21 bits per heavy atom. The standard InChI is InChI=1S/C19H19N7O2/c1-25-17-14(20-9-10-21-17)7-8-15(19(25)28)23-18(27)16-11-22-26(24-16)12-13-5-3-2-4-6-13/h2-6,9-11,15H,7-8,12H2,1H3,(H,23,27)/t15-/m0/s1. The van der Waals surface area contributed by atoms with Crippen LogP contribution < -0.4 is 10.2 Å². The van der Waals surface area contributed by atoms with Crippen molar-refractivity contribution in [2.75, 3.05) is 11.9 Å². The van der Waals surface area contributed by atoms with Crippen molar-refractivity contribution in [2.45, 2.75) is 25.4 Å². The maximum absolute atomic E-state index is 12.7. The first kappa shape index (κ1) is 17.8. The third-order valence-electron chi connectivity index (χ3n) is 4.61. The van der Waals surface area contributed by atoms with Crippen LogP contribution in [0.4, 0.5) is 5.82 Å². The van der Waals surface area contributed by atoms with Gasteiger partial charge in [0.25, 0.3) is 11.8 Å². The van der Waals surface area contributed by atoms with E-state index in [0.29, 0.717) is 25.2 Å². The highest BCUT2D eigenvalue weighted by Crippen LogP contribution is 2.21. The fraction of sp³-hybridized carbons (Fsp3) is 0.263. The van der Waals surface area contributed by atoms with Crippen LogP contribution in [0.1, 0.15) is 28.2 Å². The molecule has 0 saturated heterocycles. The molecule has 3 heterocycles. The van der Waals surface area contributed by atoms with Gasteiger partial charge in [-0.25, -0.2) is 4.98 Å². The molecule has 0 aliphatic carbocycles. The van der Waals surface area contributed by atoms with Crippen LogP contribution in [-0.4, -0.2) is 49.9 Å². The molecule has 2 aromatic heterocycles. The van der Waals surface area contributed by atoms with E-state index in [-0.39, 0.29) is 11.6 Å². The average molecular weight is 377 g/mol. The number of carbonyl (C=O) groups is 2. The Hall–Kier alpha value is -3.62. The van der Waals surface area contributed by atoms with E-state index in [4.69, 9.17) is 0 Å². The Labute approximate surface area is 161 Å². The Morgan fingerprint density at radius 3 is 2.82 bits per heavy atom. The normalized spacial score (nSPS) is 16.4. The number of rotatable bonds is 4. The summed E-state index contributed by atoms with van der Waals surface area (Å²) in [5.74, 6) is -0.139. The summed E-state index contributed by atoms with van der Waals surface area (Å²) in [7, 11) is 1.64. The van der Waals surface area contributed by atoms with Crippen LogP contribution >= 0.6 is 0 Å². The van der Waals surface area contributed by atoms with Crippen LogP contribution in [0.2, 0.25) is 0 Å². The number of carbonyl (C=O) groups excluding carboxylic acids is 2. The first-order valence-corrected chi connectivity index (χ1v) is 8.94. The largest absolute Gasteiger partial charge is 0.339 e. The lowest BCUT2D eigenvalue weighted by Gasteiger charge is -2.20. The molecule has 28 heavy (non-hydrogen) atoms. The van der Waals surface area contributed by atoms with Gasteiger partial charge in [-0.3, -0.25) is 19.5 Å². The molecule has 0 radical (unpaired) electrons. The van der Waals surface area contributed by atoms with Crippen molar-refractivity contribution in [2.24, 2.45) is 0 Å². The molecule has 1 aliphatic rings. The highest BCUT2D eigenvalue weighted by Gasteiger charge is 2.31. The molecule has 1 aromatic carbocycles. The van der Waals surface area contributed by atoms with Crippen LogP contribution in [0.25, 0.3) is 0 Å². The van der Waals surface area contributed by atoms with E-state index in [9.17, 15) is 9.59 Å². The van der Waals surface area contributed by atoms with Gasteiger partial charge in [0, 0.05) is 19.4 Å². The molecule has 0 unspecified atom stereocenters. The molecule has 0 saturated carbocycles. The third kappa shape index (κ3) is 3.59. The predicted octanol–water partition coefficient (Wildman–Crippen LogP) is 0.824. The molecule has 9 heteroatoms. The molecule has 2 amide bonds. The lowest BCUT2D eigenvalue weighted by Crippen LogP contribution is -2.47. The van der Waals surface area contributed by atoms with E-state index in [1.165, 1.54) is 15.9 Å². The number of hydrogen-bond donors (Lipinski definition) is 1. The molecular weight excluding hydrogens is 358 g/mol. The van der Waals surface area contributed by atoms with E-state index in [1.54, 1.807) is 19.4 Å². The number of nitrogens with zero attached hydrogens (tertiary/aromatic N) is 6. The monoisotopic (exact) mass is 377 g/mol. The van der Waals surface area contributed by atoms with E-state index in [2.05, 4.69) is 25.5 Å². The van der Waals surface area contributed by atoms with Crippen molar-refractivity contribution in [1.82, 2.24) is 30.3 Å². The van der Waals surface area contributed by atoms with Gasteiger partial charge in [-0.2, -0.15) is 9.90 Å². The summed E-state index contributed by atoms with van der Waals surface area (Å²) in [5, 5.41) is 11.1. The molecule has 142 valence electrons. The van der Waals surface area contributed by atoms with Gasteiger partial charge in [0.05, 0.1) is 18.4 Å². The van der Waals surface area contributed by atoms with E-state index >= 15 is 0 Å². The molecule has 1 atom stereocenters. The molecule has 1 aliphatic heterocycles. The Kier molecular flexibility index (Phi) is 4.79. The highest BCUT2D eigenvalue weighted by molar-refractivity contribution is 6.01. The highest BCUT2D eigenvalue weighted by atomic mass is 16.2. The molecule has 0 bridgehead atoms. The van der Waals surface area contributed by atoms with Crippen molar-refractivity contribution in [3.63, 3.8) is 0 Å². The zero-order valence-electron chi connectivity index (χ0n) is 15.3. The molecule has 4 rings (SSSR count). The minimum absolute atomic E-state index is 0.171. The van der Waals surface area contributed by atoms with Crippen LogP contribution in [0.3, 0.4) is 0 Å². The summed E-state index contributed by atoms with van der Waals surface area (Å²) in [4.78, 5) is 36.7. The van der Waals surface area contributed by atoms with E-state index in [0.717, 1.165) is 11.3 Å². The Morgan fingerprint density at radius 2 is 2.00 bits per heavy atom. The van der Waals surface area contributed by atoms with Crippen LogP contribution in [-0.2, 0) is 17.8 Å². The number of benzene rings is 1. The smallest absolute Gasteiger partial charge is 0.274 e. The number of likely N-dealkylation sites (N-methyl/N-ethyl adjacent to an activating group) is 1. The maximum Gasteiger partial charge on any atom is 0.274 e. The number of aromatic nitrogens is 5. The second-order valence-electron chi connectivity index (χ2n) is 6.53. The van der Waals surface area contributed by atoms with Gasteiger partial charge in [0.1, 0.15) is 6.04 Å². The topological polar surface area (TPSA) is 106 Å². The van der Waals surface area contributed by atoms with Crippen LogP contribution in [0.5, 0.6) is 0 Å². The quantitative estimate of drug-likeness (QED) is 0.722. The average Bonchev–Trinajstić information content (AvgIpc) is 3.15. The number of aryl methyl sites for hydroxylation is 1. The summed E-state index contributed by atoms with van der Waals surface area (Å²) < 4.78 is 0. The third-order valence-corrected chi connectivity index (χ3v) is 4.61.